The van der Waals surface area contributed by atoms with E-state index in [1.807, 2.05) is 30.3 Å². The van der Waals surface area contributed by atoms with Gasteiger partial charge in [-0.2, -0.15) is 0 Å². The summed E-state index contributed by atoms with van der Waals surface area (Å²) in [5, 5.41) is 11.0. The van der Waals surface area contributed by atoms with Crippen LogP contribution in [0.15, 0.2) is 66.7 Å². The van der Waals surface area contributed by atoms with Crippen molar-refractivity contribution in [3.05, 3.63) is 77.9 Å². The second kappa shape index (κ2) is 9.55. The number of benzene rings is 2. The lowest BCUT2D eigenvalue weighted by molar-refractivity contribution is -0.124. The summed E-state index contributed by atoms with van der Waals surface area (Å²) in [4.78, 5) is 22.6. The van der Waals surface area contributed by atoms with Crippen molar-refractivity contribution in [2.45, 2.75) is 6.61 Å². The molecule has 0 aromatic heterocycles. The van der Waals surface area contributed by atoms with Crippen LogP contribution in [0.3, 0.4) is 0 Å². The number of amides is 2. The third kappa shape index (κ3) is 6.60. The Bertz CT molecular complexity index is 820. The van der Waals surface area contributed by atoms with Gasteiger partial charge in [0.15, 0.2) is 0 Å². The molecule has 0 saturated heterocycles. The van der Waals surface area contributed by atoms with E-state index in [9.17, 15) is 9.59 Å². The van der Waals surface area contributed by atoms with Gasteiger partial charge < -0.3 is 4.74 Å². The van der Waals surface area contributed by atoms with Crippen molar-refractivity contribution in [1.29, 1.82) is 0 Å². The zero-order valence-electron chi connectivity index (χ0n) is 13.2. The zero-order valence-corrected chi connectivity index (χ0v) is 13.2. The van der Waals surface area contributed by atoms with Crippen LogP contribution in [0, 0.1) is 11.8 Å². The number of anilines is 1. The summed E-state index contributed by atoms with van der Waals surface area (Å²) < 4.78 is 5.14. The fourth-order valence-electron chi connectivity index (χ4n) is 1.83. The Kier molecular flexibility index (Phi) is 6.80. The molecule has 2 amide bonds. The number of ether oxygens (including phenoxy) is 1. The van der Waals surface area contributed by atoms with Gasteiger partial charge in [0.05, 0.1) is 0 Å². The van der Waals surface area contributed by atoms with Gasteiger partial charge in [-0.1, -0.05) is 48.2 Å². The summed E-state index contributed by atoms with van der Waals surface area (Å²) in [5.74, 6) is 4.79. The fraction of sp³-hybridized carbons (Fsp3) is 0.0526. The average molecular weight is 336 g/mol. The molecule has 0 heterocycles. The minimum atomic E-state index is -0.661. The maximum absolute atomic E-state index is 11.8. The van der Waals surface area contributed by atoms with Crippen LogP contribution < -0.4 is 10.8 Å². The molecule has 0 fully saturated rings. The normalized spacial score (nSPS) is 9.80. The Morgan fingerprint density at radius 2 is 1.92 bits per heavy atom. The van der Waals surface area contributed by atoms with Crippen molar-refractivity contribution in [3.8, 4) is 11.8 Å². The van der Waals surface area contributed by atoms with Crippen molar-refractivity contribution in [2.24, 2.45) is 0 Å². The van der Waals surface area contributed by atoms with Crippen LogP contribution in [0.5, 0.6) is 0 Å². The first-order chi connectivity index (χ1) is 12.2. The molecule has 2 rings (SSSR count). The molecular formula is C19H16N2O4. The van der Waals surface area contributed by atoms with Crippen LogP contribution in [-0.4, -0.2) is 17.2 Å². The van der Waals surface area contributed by atoms with Gasteiger partial charge in [0.1, 0.15) is 6.61 Å². The van der Waals surface area contributed by atoms with Crippen LogP contribution in [-0.2, 0) is 16.1 Å². The fourth-order valence-corrected chi connectivity index (χ4v) is 1.83. The van der Waals surface area contributed by atoms with Crippen LogP contribution in [0.1, 0.15) is 11.1 Å². The maximum Gasteiger partial charge on any atom is 0.411 e. The van der Waals surface area contributed by atoms with E-state index in [-0.39, 0.29) is 6.61 Å². The monoisotopic (exact) mass is 336 g/mol. The number of allylic oxidation sites excluding steroid dienone is 1. The van der Waals surface area contributed by atoms with Crippen molar-refractivity contribution < 1.29 is 19.5 Å². The molecule has 0 aliphatic heterocycles. The molecule has 0 radical (unpaired) electrons. The Balaban J connectivity index is 1.90. The molecule has 6 nitrogen and oxygen atoms in total. The molecule has 0 saturated carbocycles. The predicted octanol–water partition coefficient (Wildman–Crippen LogP) is 2.85. The van der Waals surface area contributed by atoms with Gasteiger partial charge in [0.2, 0.25) is 0 Å². The second-order valence-corrected chi connectivity index (χ2v) is 4.85. The van der Waals surface area contributed by atoms with Gasteiger partial charge in [-0.15, -0.1) is 0 Å². The number of rotatable bonds is 4. The van der Waals surface area contributed by atoms with Crippen molar-refractivity contribution in [3.63, 3.8) is 0 Å². The Morgan fingerprint density at radius 3 is 2.68 bits per heavy atom. The third-order valence-electron chi connectivity index (χ3n) is 2.97. The molecular weight excluding hydrogens is 320 g/mol. The quantitative estimate of drug-likeness (QED) is 0.347. The number of carbonyl (C=O) groups excluding carboxylic acids is 2. The van der Waals surface area contributed by atoms with Crippen LogP contribution in [0.2, 0.25) is 0 Å². The Morgan fingerprint density at radius 1 is 1.12 bits per heavy atom. The van der Waals surface area contributed by atoms with Gasteiger partial charge in [0, 0.05) is 17.3 Å². The van der Waals surface area contributed by atoms with Crippen molar-refractivity contribution >= 4 is 17.7 Å². The molecule has 0 atom stereocenters. The lowest BCUT2D eigenvalue weighted by Crippen LogP contribution is -2.14. The molecule has 0 aliphatic rings. The van der Waals surface area contributed by atoms with Crippen LogP contribution in [0.25, 0.3) is 0 Å². The van der Waals surface area contributed by atoms with E-state index in [1.165, 1.54) is 11.6 Å². The van der Waals surface area contributed by atoms with Gasteiger partial charge in [-0.3, -0.25) is 15.3 Å². The van der Waals surface area contributed by atoms with E-state index < -0.39 is 12.0 Å². The van der Waals surface area contributed by atoms with Gasteiger partial charge in [0.25, 0.3) is 5.91 Å². The lowest BCUT2D eigenvalue weighted by atomic mass is 10.2. The van der Waals surface area contributed by atoms with Crippen molar-refractivity contribution in [1.82, 2.24) is 5.48 Å². The third-order valence-corrected chi connectivity index (χ3v) is 2.97. The number of hydroxylamine groups is 1. The summed E-state index contributed by atoms with van der Waals surface area (Å²) in [6.45, 7) is 0.184. The Labute approximate surface area is 145 Å². The number of hydrogen-bond donors (Lipinski definition) is 3. The molecule has 0 aliphatic carbocycles. The molecule has 2 aromatic rings. The molecule has 25 heavy (non-hydrogen) atoms. The highest BCUT2D eigenvalue weighted by Gasteiger charge is 2.03. The first kappa shape index (κ1) is 17.8. The summed E-state index contributed by atoms with van der Waals surface area (Å²) in [5.41, 5.74) is 3.55. The molecule has 3 N–H and O–H groups in total. The second-order valence-electron chi connectivity index (χ2n) is 4.85. The van der Waals surface area contributed by atoms with E-state index >= 15 is 0 Å². The number of hydrogen-bond acceptors (Lipinski definition) is 4. The smallest absolute Gasteiger partial charge is 0.411 e. The standard InChI is InChI=1S/C19H16N2O4/c22-18(21-24)12-5-4-7-15-10-6-11-17(13-15)20-19(23)25-14-16-8-2-1-3-9-16/h1-3,5-6,8-13,24H,14H2,(H,20,23)(H,21,22). The van der Waals surface area contributed by atoms with E-state index in [0.29, 0.717) is 11.3 Å². The van der Waals surface area contributed by atoms with Crippen LogP contribution >= 0.6 is 0 Å². The predicted molar refractivity (Wildman–Crippen MR) is 92.6 cm³/mol. The minimum absolute atomic E-state index is 0.184. The maximum atomic E-state index is 11.8. The van der Waals surface area contributed by atoms with E-state index in [1.54, 1.807) is 24.3 Å². The number of nitrogens with one attached hydrogen (secondary N) is 2. The SMILES string of the molecule is O=C(C=CC#Cc1cccc(NC(=O)OCc2ccccc2)c1)NO. The topological polar surface area (TPSA) is 87.7 Å². The van der Waals surface area contributed by atoms with Gasteiger partial charge in [-0.25, -0.2) is 10.3 Å². The lowest BCUT2D eigenvalue weighted by Gasteiger charge is -2.07. The molecule has 0 unspecified atom stereocenters. The van der Waals surface area contributed by atoms with Crippen molar-refractivity contribution in [2.75, 3.05) is 5.32 Å². The summed E-state index contributed by atoms with van der Waals surface area (Å²) >= 11 is 0. The summed E-state index contributed by atoms with van der Waals surface area (Å²) in [6.07, 6.45) is 1.84. The molecule has 0 bridgehead atoms. The van der Waals surface area contributed by atoms with Gasteiger partial charge >= 0.3 is 6.09 Å². The number of carbonyl (C=O) groups is 2. The largest absolute Gasteiger partial charge is 0.444 e. The van der Waals surface area contributed by atoms with E-state index in [0.717, 1.165) is 11.6 Å². The highest BCUT2D eigenvalue weighted by Crippen LogP contribution is 2.11. The van der Waals surface area contributed by atoms with Crippen LogP contribution in [0.4, 0.5) is 10.5 Å². The molecule has 6 heteroatoms. The molecule has 126 valence electrons. The highest BCUT2D eigenvalue weighted by molar-refractivity contribution is 5.87. The first-order valence-electron chi connectivity index (χ1n) is 7.37. The minimum Gasteiger partial charge on any atom is -0.444 e. The zero-order chi connectivity index (χ0) is 17.9. The molecule has 0 spiro atoms. The van der Waals surface area contributed by atoms with E-state index in [4.69, 9.17) is 9.94 Å². The van der Waals surface area contributed by atoms with E-state index in [2.05, 4.69) is 17.2 Å². The first-order valence-corrected chi connectivity index (χ1v) is 7.37. The highest BCUT2D eigenvalue weighted by atomic mass is 16.5. The summed E-state index contributed by atoms with van der Waals surface area (Å²) in [7, 11) is 0. The van der Waals surface area contributed by atoms with Gasteiger partial charge in [-0.05, 0) is 29.8 Å². The average Bonchev–Trinajstić information content (AvgIpc) is 2.64. The Hall–Kier alpha value is -3.56. The summed E-state index contributed by atoms with van der Waals surface area (Å²) in [6, 6.07) is 16.3. The molecule has 2 aromatic carbocycles.